The highest BCUT2D eigenvalue weighted by molar-refractivity contribution is 5.76. The number of unbranched alkanes of at least 4 members (excludes halogenated alkanes) is 51. The van der Waals surface area contributed by atoms with Crippen LogP contribution in [0.2, 0.25) is 0 Å². The molecular weight excluding hydrogens is 983 g/mol. The Morgan fingerprint density at radius 2 is 0.625 bits per heavy atom. The van der Waals surface area contributed by atoms with Gasteiger partial charge in [0.15, 0.2) is 0 Å². The first-order valence-electron chi connectivity index (χ1n) is 36.2. The van der Waals surface area contributed by atoms with Gasteiger partial charge in [-0.3, -0.25) is 9.59 Å². The summed E-state index contributed by atoms with van der Waals surface area (Å²) in [5.41, 5.74) is 0. The summed E-state index contributed by atoms with van der Waals surface area (Å²) in [7, 11) is 0. The summed E-state index contributed by atoms with van der Waals surface area (Å²) < 4.78 is 5.49. The van der Waals surface area contributed by atoms with E-state index in [4.69, 9.17) is 4.74 Å². The molecule has 0 aromatic rings. The third kappa shape index (κ3) is 65.2. The largest absolute Gasteiger partial charge is 0.466 e. The number of esters is 1. The van der Waals surface area contributed by atoms with Crippen LogP contribution in [-0.4, -0.2) is 47.4 Å². The normalized spacial score (nSPS) is 12.7. The number of ether oxygens (including phenoxy) is 1. The van der Waals surface area contributed by atoms with Crippen LogP contribution in [0.4, 0.5) is 0 Å². The monoisotopic (exact) mass is 1120 g/mol. The molecule has 0 aromatic carbocycles. The van der Waals surface area contributed by atoms with Gasteiger partial charge >= 0.3 is 5.97 Å². The van der Waals surface area contributed by atoms with Crippen molar-refractivity contribution in [2.24, 2.45) is 0 Å². The highest BCUT2D eigenvalue weighted by Crippen LogP contribution is 2.19. The maximum atomic E-state index is 12.6. The first kappa shape index (κ1) is 78.1. The topological polar surface area (TPSA) is 95.9 Å². The average molecular weight is 1120 g/mol. The Kier molecular flexibility index (Phi) is 67.9. The molecule has 0 radical (unpaired) electrons. The van der Waals surface area contributed by atoms with Gasteiger partial charge in [0.05, 0.1) is 25.4 Å². The molecule has 0 bridgehead atoms. The van der Waals surface area contributed by atoms with E-state index in [0.717, 1.165) is 51.4 Å². The van der Waals surface area contributed by atoms with Crippen molar-refractivity contribution in [1.82, 2.24) is 5.32 Å². The summed E-state index contributed by atoms with van der Waals surface area (Å²) in [4.78, 5) is 24.7. The van der Waals surface area contributed by atoms with E-state index in [1.807, 2.05) is 0 Å². The third-order valence-electron chi connectivity index (χ3n) is 16.9. The minimum atomic E-state index is -0.671. The number of nitrogens with one attached hydrogen (secondary N) is 1. The summed E-state index contributed by atoms with van der Waals surface area (Å²) in [6.45, 7) is 4.95. The van der Waals surface area contributed by atoms with Crippen molar-refractivity contribution in [3.05, 3.63) is 36.5 Å². The number of carbonyl (C=O) groups excluding carboxylic acids is 2. The van der Waals surface area contributed by atoms with Gasteiger partial charge in [0.2, 0.25) is 5.91 Å². The Hall–Kier alpha value is -1.92. The van der Waals surface area contributed by atoms with Gasteiger partial charge < -0.3 is 20.3 Å². The zero-order valence-corrected chi connectivity index (χ0v) is 54.1. The number of allylic oxidation sites excluding steroid dienone is 6. The Morgan fingerprint density at radius 3 is 0.988 bits per heavy atom. The van der Waals surface area contributed by atoms with Crippen LogP contribution in [0.15, 0.2) is 36.5 Å². The van der Waals surface area contributed by atoms with E-state index < -0.39 is 12.1 Å². The molecule has 2 atom stereocenters. The lowest BCUT2D eigenvalue weighted by atomic mass is 10.0. The second-order valence-electron chi connectivity index (χ2n) is 24.9. The molecule has 0 rings (SSSR count). The Balaban J connectivity index is 3.41. The van der Waals surface area contributed by atoms with Crippen LogP contribution in [0.25, 0.3) is 0 Å². The lowest BCUT2D eigenvalue weighted by Crippen LogP contribution is -2.45. The molecule has 0 heterocycles. The molecular formula is C74H141NO5. The highest BCUT2D eigenvalue weighted by atomic mass is 16.5. The van der Waals surface area contributed by atoms with Crippen molar-refractivity contribution < 1.29 is 24.5 Å². The minimum Gasteiger partial charge on any atom is -0.466 e. The molecule has 0 fully saturated rings. The van der Waals surface area contributed by atoms with E-state index >= 15 is 0 Å². The summed E-state index contributed by atoms with van der Waals surface area (Å²) in [6.07, 6.45) is 89.0. The van der Waals surface area contributed by atoms with E-state index in [9.17, 15) is 19.8 Å². The number of hydrogen-bond acceptors (Lipinski definition) is 5. The van der Waals surface area contributed by atoms with Gasteiger partial charge in [0, 0.05) is 12.8 Å². The third-order valence-corrected chi connectivity index (χ3v) is 16.9. The highest BCUT2D eigenvalue weighted by Gasteiger charge is 2.20. The maximum absolute atomic E-state index is 12.6. The van der Waals surface area contributed by atoms with Gasteiger partial charge in [-0.15, -0.1) is 0 Å². The second-order valence-corrected chi connectivity index (χ2v) is 24.9. The Labute approximate surface area is 500 Å². The average Bonchev–Trinajstić information content (AvgIpc) is 3.46. The van der Waals surface area contributed by atoms with Crippen LogP contribution in [0.5, 0.6) is 0 Å². The number of amides is 1. The molecule has 3 N–H and O–H groups in total. The fourth-order valence-corrected chi connectivity index (χ4v) is 11.4. The Bertz CT molecular complexity index is 1300. The number of aliphatic hydroxyl groups excluding tert-OH is 2. The maximum Gasteiger partial charge on any atom is 0.305 e. The van der Waals surface area contributed by atoms with Crippen molar-refractivity contribution in [2.75, 3.05) is 13.2 Å². The molecule has 1 amide bonds. The van der Waals surface area contributed by atoms with Gasteiger partial charge in [0.1, 0.15) is 0 Å². The first-order chi connectivity index (χ1) is 39.5. The quantitative estimate of drug-likeness (QED) is 0.0320. The molecule has 6 heteroatoms. The van der Waals surface area contributed by atoms with Crippen molar-refractivity contribution in [3.63, 3.8) is 0 Å². The summed E-state index contributed by atoms with van der Waals surface area (Å²) >= 11 is 0. The first-order valence-corrected chi connectivity index (χ1v) is 36.2. The van der Waals surface area contributed by atoms with Crippen molar-refractivity contribution in [3.8, 4) is 0 Å². The van der Waals surface area contributed by atoms with Crippen molar-refractivity contribution in [2.45, 2.75) is 411 Å². The predicted octanol–water partition coefficient (Wildman–Crippen LogP) is 23.5. The van der Waals surface area contributed by atoms with Crippen LogP contribution < -0.4 is 5.32 Å². The fourth-order valence-electron chi connectivity index (χ4n) is 11.4. The van der Waals surface area contributed by atoms with Crippen LogP contribution in [0, 0.1) is 0 Å². The van der Waals surface area contributed by atoms with Gasteiger partial charge in [-0.2, -0.15) is 0 Å². The molecule has 0 aliphatic carbocycles. The molecule has 0 saturated carbocycles. The molecule has 0 aliphatic heterocycles. The van der Waals surface area contributed by atoms with Crippen LogP contribution in [0.3, 0.4) is 0 Å². The molecule has 472 valence electrons. The minimum absolute atomic E-state index is 0.00301. The molecule has 0 aromatic heterocycles. The standard InChI is InChI=1S/C74H141NO5/c1-3-5-7-9-11-13-15-17-19-21-22-23-24-25-28-31-35-38-42-46-50-54-58-62-66-72(77)71(70-76)75-73(78)67-63-59-55-51-47-43-39-36-32-29-26-27-30-33-37-41-45-49-53-57-61-65-69-80-74(79)68-64-60-56-52-48-44-40-34-20-18-16-14-12-10-8-6-4-2/h12,14,18,20,29,32,71-72,76-77H,3-11,13,15-17,19,21-28,30-31,33-70H2,1-2H3,(H,75,78)/b14-12-,20-18-,32-29-. The molecule has 0 aliphatic rings. The van der Waals surface area contributed by atoms with Crippen LogP contribution in [0.1, 0.15) is 399 Å². The van der Waals surface area contributed by atoms with Crippen LogP contribution in [-0.2, 0) is 14.3 Å². The van der Waals surface area contributed by atoms with Crippen LogP contribution >= 0.6 is 0 Å². The predicted molar refractivity (Wildman–Crippen MR) is 352 cm³/mol. The van der Waals surface area contributed by atoms with Crippen molar-refractivity contribution >= 4 is 11.9 Å². The molecule has 6 nitrogen and oxygen atoms in total. The second kappa shape index (κ2) is 69.6. The summed E-state index contributed by atoms with van der Waals surface area (Å²) in [5.74, 6) is -0.0348. The molecule has 0 saturated heterocycles. The van der Waals surface area contributed by atoms with Crippen molar-refractivity contribution in [1.29, 1.82) is 0 Å². The number of carbonyl (C=O) groups is 2. The lowest BCUT2D eigenvalue weighted by Gasteiger charge is -2.22. The van der Waals surface area contributed by atoms with Gasteiger partial charge in [-0.1, -0.05) is 339 Å². The molecule has 0 spiro atoms. The Morgan fingerprint density at radius 1 is 0.350 bits per heavy atom. The van der Waals surface area contributed by atoms with E-state index in [-0.39, 0.29) is 18.5 Å². The number of aliphatic hydroxyl groups is 2. The summed E-state index contributed by atoms with van der Waals surface area (Å²) in [6, 6.07) is -0.549. The van der Waals surface area contributed by atoms with E-state index in [0.29, 0.717) is 25.9 Å². The lowest BCUT2D eigenvalue weighted by molar-refractivity contribution is -0.143. The molecule has 2 unspecified atom stereocenters. The zero-order valence-electron chi connectivity index (χ0n) is 54.1. The van der Waals surface area contributed by atoms with Gasteiger partial charge in [-0.05, 0) is 83.5 Å². The van der Waals surface area contributed by atoms with E-state index in [1.165, 1.54) is 315 Å². The SMILES string of the molecule is CCCCC/C=C\C/C=C\CCCCCCCCCC(=O)OCCCCCCCCCCCCC/C=C\CCCCCCCCCC(=O)NC(CO)C(O)CCCCCCCCCCCCCCCCCCCCCCCCCC. The smallest absolute Gasteiger partial charge is 0.305 e. The zero-order chi connectivity index (χ0) is 57.8. The summed E-state index contributed by atoms with van der Waals surface area (Å²) in [5, 5.41) is 23.4. The van der Waals surface area contributed by atoms with E-state index in [1.54, 1.807) is 0 Å². The van der Waals surface area contributed by atoms with Gasteiger partial charge in [0.25, 0.3) is 0 Å². The fraction of sp³-hybridized carbons (Fsp3) is 0.892. The number of rotatable bonds is 68. The van der Waals surface area contributed by atoms with E-state index in [2.05, 4.69) is 55.6 Å². The van der Waals surface area contributed by atoms with Gasteiger partial charge in [-0.25, -0.2) is 0 Å². The number of hydrogen-bond donors (Lipinski definition) is 3. The molecule has 80 heavy (non-hydrogen) atoms.